The van der Waals surface area contributed by atoms with Crippen molar-refractivity contribution in [2.24, 2.45) is 5.92 Å². The molecule has 1 amide bonds. The van der Waals surface area contributed by atoms with E-state index in [9.17, 15) is 9.90 Å². The van der Waals surface area contributed by atoms with Crippen LogP contribution in [0.2, 0.25) is 0 Å². The number of hydrogen-bond donors (Lipinski definition) is 2. The Bertz CT molecular complexity index is 2080. The van der Waals surface area contributed by atoms with Crippen LogP contribution in [0.1, 0.15) is 41.6 Å². The van der Waals surface area contributed by atoms with Crippen LogP contribution in [0.3, 0.4) is 0 Å². The van der Waals surface area contributed by atoms with Crippen LogP contribution in [-0.4, -0.2) is 34.6 Å². The van der Waals surface area contributed by atoms with Gasteiger partial charge in [0, 0.05) is 34.9 Å². The van der Waals surface area contributed by atoms with E-state index in [4.69, 9.17) is 23.6 Å². The van der Waals surface area contributed by atoms with Crippen LogP contribution < -0.4 is 5.32 Å². The summed E-state index contributed by atoms with van der Waals surface area (Å²) in [6.07, 6.45) is -0.0343. The molecular weight excluding hydrogens is 697 g/mol. The zero-order chi connectivity index (χ0) is 37.3. The summed E-state index contributed by atoms with van der Waals surface area (Å²) in [5.74, 6) is 1.32. The number of carbonyl (C=O) groups excluding carboxylic acids is 1. The first-order valence-corrected chi connectivity index (χ1v) is 18.9. The van der Waals surface area contributed by atoms with E-state index >= 15 is 0 Å². The quantitative estimate of drug-likeness (QED) is 0.0892. The summed E-state index contributed by atoms with van der Waals surface area (Å²) in [6, 6.07) is 44.3. The van der Waals surface area contributed by atoms with Crippen molar-refractivity contribution in [3.8, 4) is 33.7 Å². The van der Waals surface area contributed by atoms with Gasteiger partial charge in [0.05, 0.1) is 18.8 Å². The normalized spacial score (nSPS) is 18.2. The molecule has 2 N–H and O–H groups in total. The SMILES string of the molecule is C=CCOC(=O)NCc1cccc(-c2ccc(C3OC(CSc4nc(-c5ccccc5)c(-c5ccccc5)o4)C(C)C(c4ccc(CO)cc4)O3)cc2)c1. The molecule has 2 heterocycles. The maximum absolute atomic E-state index is 11.9. The molecule has 1 aliphatic rings. The van der Waals surface area contributed by atoms with Crippen molar-refractivity contribution < 1.29 is 28.5 Å². The first-order valence-electron chi connectivity index (χ1n) is 17.9. The lowest BCUT2D eigenvalue weighted by atomic mass is 9.91. The number of ether oxygens (including phenoxy) is 3. The summed E-state index contributed by atoms with van der Waals surface area (Å²) in [5.41, 5.74) is 8.52. The highest BCUT2D eigenvalue weighted by Crippen LogP contribution is 2.44. The van der Waals surface area contributed by atoms with Gasteiger partial charge in [0.1, 0.15) is 12.3 Å². The summed E-state index contributed by atoms with van der Waals surface area (Å²) >= 11 is 1.54. The molecular formula is C45H42N2O6S. The Balaban J connectivity index is 1.11. The molecule has 9 heteroatoms. The summed E-state index contributed by atoms with van der Waals surface area (Å²) < 4.78 is 24.9. The fourth-order valence-corrected chi connectivity index (χ4v) is 7.44. The molecule has 7 rings (SSSR count). The minimum absolute atomic E-state index is 0.00412. The largest absolute Gasteiger partial charge is 0.445 e. The molecule has 1 saturated heterocycles. The lowest BCUT2D eigenvalue weighted by molar-refractivity contribution is -0.268. The van der Waals surface area contributed by atoms with Crippen molar-refractivity contribution in [1.29, 1.82) is 0 Å². The molecule has 274 valence electrons. The van der Waals surface area contributed by atoms with Gasteiger partial charge in [0.2, 0.25) is 0 Å². The van der Waals surface area contributed by atoms with Gasteiger partial charge < -0.3 is 29.1 Å². The van der Waals surface area contributed by atoms with Gasteiger partial charge in [-0.2, -0.15) is 0 Å². The fraction of sp³-hybridized carbons (Fsp3) is 0.200. The molecule has 0 saturated carbocycles. The number of carbonyl (C=O) groups is 1. The van der Waals surface area contributed by atoms with E-state index in [0.717, 1.165) is 56.0 Å². The first kappa shape index (κ1) is 36.9. The molecule has 4 unspecified atom stereocenters. The molecule has 54 heavy (non-hydrogen) atoms. The number of amides is 1. The lowest BCUT2D eigenvalue weighted by Gasteiger charge is -2.41. The average Bonchev–Trinajstić information content (AvgIpc) is 3.67. The van der Waals surface area contributed by atoms with Crippen molar-refractivity contribution in [3.05, 3.63) is 168 Å². The van der Waals surface area contributed by atoms with E-state index < -0.39 is 12.4 Å². The topological polar surface area (TPSA) is 103 Å². The number of aliphatic hydroxyl groups excluding tert-OH is 1. The number of aromatic nitrogens is 1. The highest BCUT2D eigenvalue weighted by molar-refractivity contribution is 7.99. The van der Waals surface area contributed by atoms with Crippen LogP contribution >= 0.6 is 11.8 Å². The van der Waals surface area contributed by atoms with Gasteiger partial charge in [-0.25, -0.2) is 9.78 Å². The second-order valence-corrected chi connectivity index (χ2v) is 14.1. The summed E-state index contributed by atoms with van der Waals surface area (Å²) in [6.45, 7) is 6.20. The Hall–Kier alpha value is -5.45. The van der Waals surface area contributed by atoms with E-state index in [-0.39, 0.29) is 31.3 Å². The van der Waals surface area contributed by atoms with E-state index in [1.807, 2.05) is 121 Å². The maximum Gasteiger partial charge on any atom is 0.407 e. The van der Waals surface area contributed by atoms with Crippen LogP contribution in [0.15, 0.2) is 156 Å². The molecule has 5 aromatic carbocycles. The van der Waals surface area contributed by atoms with Crippen molar-refractivity contribution >= 4 is 17.9 Å². The summed E-state index contributed by atoms with van der Waals surface area (Å²) in [7, 11) is 0. The van der Waals surface area contributed by atoms with Gasteiger partial charge in [0.15, 0.2) is 12.1 Å². The number of oxazole rings is 1. The average molecular weight is 739 g/mol. The van der Waals surface area contributed by atoms with Gasteiger partial charge in [-0.1, -0.05) is 159 Å². The monoisotopic (exact) mass is 738 g/mol. The Kier molecular flexibility index (Phi) is 12.0. The molecule has 6 aromatic rings. The van der Waals surface area contributed by atoms with Crippen molar-refractivity contribution in [1.82, 2.24) is 10.3 Å². The molecule has 8 nitrogen and oxygen atoms in total. The highest BCUT2D eigenvalue weighted by Gasteiger charge is 2.38. The zero-order valence-corrected chi connectivity index (χ0v) is 30.8. The van der Waals surface area contributed by atoms with Crippen molar-refractivity contribution in [2.75, 3.05) is 12.4 Å². The second kappa shape index (κ2) is 17.6. The van der Waals surface area contributed by atoms with Crippen molar-refractivity contribution in [2.45, 2.75) is 43.8 Å². The standard InChI is InChI=1S/C45H42N2O6S/c1-3-25-50-44(49)46-27-32-11-10-16-38(26-32)33-21-23-37(24-22-33)43-51-39(30(2)41(52-43)36-19-17-31(28-48)18-20-36)29-54-45-47-40(34-12-6-4-7-13-34)42(53-45)35-14-8-5-9-15-35/h3-24,26,30,39,41,43,48H,1,25,27-29H2,2H3,(H,46,49). The van der Waals surface area contributed by atoms with Gasteiger partial charge >= 0.3 is 6.09 Å². The summed E-state index contributed by atoms with van der Waals surface area (Å²) in [4.78, 5) is 16.9. The first-order chi connectivity index (χ1) is 26.5. The number of nitrogens with zero attached hydrogens (tertiary/aromatic N) is 1. The van der Waals surface area contributed by atoms with Crippen LogP contribution in [-0.2, 0) is 27.4 Å². The third-order valence-electron chi connectivity index (χ3n) is 9.40. The lowest BCUT2D eigenvalue weighted by Crippen LogP contribution is -2.38. The van der Waals surface area contributed by atoms with Crippen LogP contribution in [0.5, 0.6) is 0 Å². The van der Waals surface area contributed by atoms with Crippen LogP contribution in [0.4, 0.5) is 4.79 Å². The number of rotatable bonds is 13. The minimum Gasteiger partial charge on any atom is -0.445 e. The van der Waals surface area contributed by atoms with E-state index in [1.54, 1.807) is 0 Å². The van der Waals surface area contributed by atoms with Gasteiger partial charge in [-0.15, -0.1) is 0 Å². The smallest absolute Gasteiger partial charge is 0.407 e. The van der Waals surface area contributed by atoms with Crippen molar-refractivity contribution in [3.63, 3.8) is 0 Å². The Labute approximate surface area is 319 Å². The van der Waals surface area contributed by atoms with E-state index in [2.05, 4.69) is 31.0 Å². The third-order valence-corrected chi connectivity index (χ3v) is 10.3. The number of nitrogens with one attached hydrogen (secondary N) is 1. The maximum atomic E-state index is 11.9. The molecule has 0 aliphatic carbocycles. The Morgan fingerprint density at radius 3 is 2.20 bits per heavy atom. The molecule has 0 spiro atoms. The molecule has 0 radical (unpaired) electrons. The third kappa shape index (κ3) is 8.84. The molecule has 4 atom stereocenters. The summed E-state index contributed by atoms with van der Waals surface area (Å²) in [5, 5.41) is 13.0. The van der Waals surface area contributed by atoms with Gasteiger partial charge in [-0.3, -0.25) is 0 Å². The molecule has 1 aliphatic heterocycles. The number of alkyl carbamates (subject to hydrolysis) is 1. The Morgan fingerprint density at radius 1 is 0.815 bits per heavy atom. The minimum atomic E-state index is -0.621. The fourth-order valence-electron chi connectivity index (χ4n) is 6.46. The van der Waals surface area contributed by atoms with Crippen LogP contribution in [0.25, 0.3) is 33.7 Å². The number of benzene rings is 5. The highest BCUT2D eigenvalue weighted by atomic mass is 32.2. The van der Waals surface area contributed by atoms with E-state index in [1.165, 1.54) is 17.8 Å². The predicted octanol–water partition coefficient (Wildman–Crippen LogP) is 10.2. The van der Waals surface area contributed by atoms with Gasteiger partial charge in [0.25, 0.3) is 5.22 Å². The molecule has 0 bridgehead atoms. The zero-order valence-electron chi connectivity index (χ0n) is 30.0. The predicted molar refractivity (Wildman–Crippen MR) is 211 cm³/mol. The second-order valence-electron chi connectivity index (χ2n) is 13.1. The number of thioether (sulfide) groups is 1. The Morgan fingerprint density at radius 2 is 1.50 bits per heavy atom. The molecule has 1 aromatic heterocycles. The van der Waals surface area contributed by atoms with Crippen LogP contribution in [0, 0.1) is 5.92 Å². The number of hydrogen-bond acceptors (Lipinski definition) is 8. The number of aliphatic hydroxyl groups is 1. The van der Waals surface area contributed by atoms with E-state index in [0.29, 0.717) is 17.5 Å². The van der Waals surface area contributed by atoms with Gasteiger partial charge in [-0.05, 0) is 33.9 Å². The molecule has 1 fully saturated rings.